The Bertz CT molecular complexity index is 492. The number of hydrogen-bond donors (Lipinski definition) is 1. The van der Waals surface area contributed by atoms with Crippen LogP contribution < -0.4 is 11.3 Å². The van der Waals surface area contributed by atoms with E-state index in [2.05, 4.69) is 13.8 Å². The molecule has 1 heterocycles. The first-order chi connectivity index (χ1) is 9.60. The predicted octanol–water partition coefficient (Wildman–Crippen LogP) is 2.87. The van der Waals surface area contributed by atoms with E-state index in [9.17, 15) is 9.59 Å². The highest BCUT2D eigenvalue weighted by Crippen LogP contribution is 2.09. The number of carbonyl (C=O) groups is 1. The molecular formula is C16H26N2O2. The number of carbonyl (C=O) groups excluding carboxylic acids is 1. The molecule has 1 aromatic rings. The van der Waals surface area contributed by atoms with Gasteiger partial charge >= 0.3 is 0 Å². The van der Waals surface area contributed by atoms with E-state index in [1.165, 1.54) is 19.3 Å². The summed E-state index contributed by atoms with van der Waals surface area (Å²) in [7, 11) is 0. The predicted molar refractivity (Wildman–Crippen MR) is 82.0 cm³/mol. The second-order valence-electron chi connectivity index (χ2n) is 5.29. The SMILES string of the molecule is CCCCCCc1cc(C(N)=O)c(=O)n(CCCC)c1. The Morgan fingerprint density at radius 2 is 1.85 bits per heavy atom. The van der Waals surface area contributed by atoms with Crippen LogP contribution in [0.3, 0.4) is 0 Å². The number of pyridine rings is 1. The number of aryl methyl sites for hydroxylation is 2. The number of aromatic nitrogens is 1. The lowest BCUT2D eigenvalue weighted by Crippen LogP contribution is -2.30. The van der Waals surface area contributed by atoms with Crippen LogP contribution in [0.25, 0.3) is 0 Å². The lowest BCUT2D eigenvalue weighted by atomic mass is 10.1. The van der Waals surface area contributed by atoms with Crippen molar-refractivity contribution in [3.8, 4) is 0 Å². The highest BCUT2D eigenvalue weighted by Gasteiger charge is 2.11. The molecule has 0 aliphatic heterocycles. The van der Waals surface area contributed by atoms with E-state index in [0.717, 1.165) is 31.2 Å². The van der Waals surface area contributed by atoms with E-state index < -0.39 is 5.91 Å². The summed E-state index contributed by atoms with van der Waals surface area (Å²) in [5, 5.41) is 0. The van der Waals surface area contributed by atoms with E-state index in [1.54, 1.807) is 10.6 Å². The zero-order chi connectivity index (χ0) is 15.0. The number of hydrogen-bond acceptors (Lipinski definition) is 2. The number of nitrogens with zero attached hydrogens (tertiary/aromatic N) is 1. The Balaban J connectivity index is 2.91. The van der Waals surface area contributed by atoms with Gasteiger partial charge in [-0.2, -0.15) is 0 Å². The van der Waals surface area contributed by atoms with E-state index in [4.69, 9.17) is 5.73 Å². The van der Waals surface area contributed by atoms with Crippen LogP contribution in [0, 0.1) is 0 Å². The van der Waals surface area contributed by atoms with E-state index >= 15 is 0 Å². The fourth-order valence-corrected chi connectivity index (χ4v) is 2.26. The molecular weight excluding hydrogens is 252 g/mol. The van der Waals surface area contributed by atoms with Gasteiger partial charge in [0.1, 0.15) is 5.56 Å². The number of rotatable bonds is 9. The van der Waals surface area contributed by atoms with Gasteiger partial charge in [-0.25, -0.2) is 0 Å². The summed E-state index contributed by atoms with van der Waals surface area (Å²) in [6.07, 6.45) is 9.40. The quantitative estimate of drug-likeness (QED) is 0.706. The molecule has 0 spiro atoms. The van der Waals surface area contributed by atoms with Crippen molar-refractivity contribution in [1.82, 2.24) is 4.57 Å². The summed E-state index contributed by atoms with van der Waals surface area (Å²) < 4.78 is 1.64. The summed E-state index contributed by atoms with van der Waals surface area (Å²) in [6.45, 7) is 4.91. The molecule has 2 N–H and O–H groups in total. The number of primary amides is 1. The highest BCUT2D eigenvalue weighted by molar-refractivity contribution is 5.92. The first-order valence-electron chi connectivity index (χ1n) is 7.63. The van der Waals surface area contributed by atoms with Crippen LogP contribution in [-0.4, -0.2) is 10.5 Å². The first-order valence-corrected chi connectivity index (χ1v) is 7.63. The van der Waals surface area contributed by atoms with Crippen LogP contribution in [0.15, 0.2) is 17.1 Å². The van der Waals surface area contributed by atoms with Crippen LogP contribution in [0.1, 0.15) is 68.3 Å². The lowest BCUT2D eigenvalue weighted by molar-refractivity contribution is 0.0998. The largest absolute Gasteiger partial charge is 0.365 e. The molecule has 1 amide bonds. The van der Waals surface area contributed by atoms with E-state index in [0.29, 0.717) is 6.54 Å². The molecule has 0 aliphatic carbocycles. The number of amides is 1. The van der Waals surface area contributed by atoms with Gasteiger partial charge in [-0.3, -0.25) is 9.59 Å². The number of unbranched alkanes of at least 4 members (excludes halogenated alkanes) is 4. The highest BCUT2D eigenvalue weighted by atomic mass is 16.2. The fraction of sp³-hybridized carbons (Fsp3) is 0.625. The van der Waals surface area contributed by atoms with Gasteiger partial charge in [-0.15, -0.1) is 0 Å². The molecule has 0 aromatic carbocycles. The monoisotopic (exact) mass is 278 g/mol. The van der Waals surface area contributed by atoms with E-state index in [1.807, 2.05) is 6.20 Å². The third kappa shape index (κ3) is 4.83. The standard InChI is InChI=1S/C16H26N2O2/c1-3-5-7-8-9-13-11-14(15(17)19)16(20)18(12-13)10-6-4-2/h11-12H,3-10H2,1-2H3,(H2,17,19). The average Bonchev–Trinajstić information content (AvgIpc) is 2.43. The van der Waals surface area contributed by atoms with Crippen LogP contribution in [-0.2, 0) is 13.0 Å². The first kappa shape index (κ1) is 16.5. The van der Waals surface area contributed by atoms with Crippen molar-refractivity contribution >= 4 is 5.91 Å². The zero-order valence-corrected chi connectivity index (χ0v) is 12.7. The summed E-state index contributed by atoms with van der Waals surface area (Å²) in [4.78, 5) is 23.5. The third-order valence-electron chi connectivity index (χ3n) is 3.48. The van der Waals surface area contributed by atoms with Crippen molar-refractivity contribution in [3.05, 3.63) is 33.7 Å². The maximum Gasteiger partial charge on any atom is 0.263 e. The molecule has 0 atom stereocenters. The van der Waals surface area contributed by atoms with Crippen molar-refractivity contribution in [1.29, 1.82) is 0 Å². The molecule has 0 aliphatic rings. The Kier molecular flexibility index (Phi) is 7.05. The summed E-state index contributed by atoms with van der Waals surface area (Å²) in [5.41, 5.74) is 6.20. The van der Waals surface area contributed by atoms with Gasteiger partial charge in [-0.1, -0.05) is 39.5 Å². The molecule has 0 fully saturated rings. The van der Waals surface area contributed by atoms with E-state index in [-0.39, 0.29) is 11.1 Å². The molecule has 1 rings (SSSR count). The maximum absolute atomic E-state index is 12.1. The van der Waals surface area contributed by atoms with Gasteiger partial charge in [0.15, 0.2) is 0 Å². The van der Waals surface area contributed by atoms with Gasteiger partial charge in [-0.05, 0) is 30.9 Å². The molecule has 0 unspecified atom stereocenters. The molecule has 1 aromatic heterocycles. The average molecular weight is 278 g/mol. The van der Waals surface area contributed by atoms with Crippen molar-refractivity contribution in [2.75, 3.05) is 0 Å². The second kappa shape index (κ2) is 8.56. The third-order valence-corrected chi connectivity index (χ3v) is 3.48. The summed E-state index contributed by atoms with van der Waals surface area (Å²) >= 11 is 0. The Labute approximate surface area is 121 Å². The molecule has 4 heteroatoms. The minimum atomic E-state index is -0.629. The molecule has 20 heavy (non-hydrogen) atoms. The summed E-state index contributed by atoms with van der Waals surface area (Å²) in [6, 6.07) is 1.67. The van der Waals surface area contributed by atoms with Crippen molar-refractivity contribution in [3.63, 3.8) is 0 Å². The van der Waals surface area contributed by atoms with Gasteiger partial charge in [0.25, 0.3) is 11.5 Å². The second-order valence-corrected chi connectivity index (χ2v) is 5.29. The lowest BCUT2D eigenvalue weighted by Gasteiger charge is -2.10. The van der Waals surface area contributed by atoms with Crippen LogP contribution in [0.4, 0.5) is 0 Å². The molecule has 112 valence electrons. The minimum Gasteiger partial charge on any atom is -0.365 e. The molecule has 0 saturated heterocycles. The molecule has 4 nitrogen and oxygen atoms in total. The van der Waals surface area contributed by atoms with Crippen molar-refractivity contribution in [2.24, 2.45) is 5.73 Å². The van der Waals surface area contributed by atoms with Crippen LogP contribution in [0.5, 0.6) is 0 Å². The minimum absolute atomic E-state index is 0.120. The van der Waals surface area contributed by atoms with Crippen LogP contribution in [0.2, 0.25) is 0 Å². The molecule has 0 radical (unpaired) electrons. The van der Waals surface area contributed by atoms with Gasteiger partial charge in [0, 0.05) is 12.7 Å². The smallest absolute Gasteiger partial charge is 0.263 e. The van der Waals surface area contributed by atoms with Crippen molar-refractivity contribution < 1.29 is 4.79 Å². The maximum atomic E-state index is 12.1. The Hall–Kier alpha value is -1.58. The Morgan fingerprint density at radius 3 is 2.45 bits per heavy atom. The fourth-order valence-electron chi connectivity index (χ4n) is 2.26. The zero-order valence-electron chi connectivity index (χ0n) is 12.7. The molecule has 0 bridgehead atoms. The normalized spacial score (nSPS) is 10.7. The van der Waals surface area contributed by atoms with Gasteiger partial charge < -0.3 is 10.3 Å². The molecule has 0 saturated carbocycles. The van der Waals surface area contributed by atoms with Gasteiger partial charge in [0.05, 0.1) is 0 Å². The topological polar surface area (TPSA) is 65.1 Å². The summed E-state index contributed by atoms with van der Waals surface area (Å²) in [5.74, 6) is -0.629. The van der Waals surface area contributed by atoms with Crippen LogP contribution >= 0.6 is 0 Å². The van der Waals surface area contributed by atoms with Gasteiger partial charge in [0.2, 0.25) is 0 Å². The Morgan fingerprint density at radius 1 is 1.15 bits per heavy atom. The number of nitrogens with two attached hydrogens (primary N) is 1. The van der Waals surface area contributed by atoms with Crippen molar-refractivity contribution in [2.45, 2.75) is 65.3 Å².